The molecule has 2 aromatic rings. The van der Waals surface area contributed by atoms with Crippen molar-refractivity contribution in [3.05, 3.63) is 29.3 Å². The molecule has 118 valence electrons. The van der Waals surface area contributed by atoms with Crippen LogP contribution < -0.4 is 11.1 Å². The molecule has 1 unspecified atom stereocenters. The lowest BCUT2D eigenvalue weighted by Gasteiger charge is -2.16. The van der Waals surface area contributed by atoms with Crippen molar-refractivity contribution in [3.8, 4) is 11.4 Å². The van der Waals surface area contributed by atoms with Gasteiger partial charge in [0.1, 0.15) is 0 Å². The Kier molecular flexibility index (Phi) is 5.46. The highest BCUT2D eigenvalue weighted by atomic mass is 35.5. The molecule has 1 amide bonds. The average Bonchev–Trinajstić information content (AvgIpc) is 2.98. The number of nitrogens with one attached hydrogen (secondary N) is 1. The number of benzene rings is 1. The molecule has 8 heteroatoms. The zero-order chi connectivity index (χ0) is 16.1. The van der Waals surface area contributed by atoms with Crippen LogP contribution in [0.25, 0.3) is 11.4 Å². The molecule has 1 heterocycles. The summed E-state index contributed by atoms with van der Waals surface area (Å²) in [5, 5.41) is 15.7. The lowest BCUT2D eigenvalue weighted by atomic mass is 10.2. The molecule has 2 atom stereocenters. The van der Waals surface area contributed by atoms with Crippen molar-refractivity contribution in [1.82, 2.24) is 25.5 Å². The highest BCUT2D eigenvalue weighted by molar-refractivity contribution is 6.30. The topological polar surface area (TPSA) is 98.7 Å². The molecule has 0 aliphatic carbocycles. The number of nitrogens with two attached hydrogens (primary N) is 1. The number of hydrogen-bond donors (Lipinski definition) is 2. The standard InChI is InChI=1S/C14H19ClN6O/c1-3-12(14(22)17-9(2)8-16)21-19-13(18-20-21)10-4-6-11(15)7-5-10/h4-7,9,12H,3,8,16H2,1-2H3,(H,17,22)/t9-,12?/m0/s1. The van der Waals surface area contributed by atoms with Crippen LogP contribution in [0.1, 0.15) is 26.3 Å². The summed E-state index contributed by atoms with van der Waals surface area (Å²) in [6, 6.07) is 6.51. The Morgan fingerprint density at radius 2 is 2.09 bits per heavy atom. The fraction of sp³-hybridized carbons (Fsp3) is 0.429. The minimum Gasteiger partial charge on any atom is -0.350 e. The Morgan fingerprint density at radius 1 is 1.41 bits per heavy atom. The fourth-order valence-corrected chi connectivity index (χ4v) is 2.05. The number of tetrazole rings is 1. The van der Waals surface area contributed by atoms with E-state index in [2.05, 4.69) is 20.7 Å². The zero-order valence-corrected chi connectivity index (χ0v) is 13.3. The molecule has 0 bridgehead atoms. The second kappa shape index (κ2) is 7.33. The van der Waals surface area contributed by atoms with Crippen LogP contribution in [0.5, 0.6) is 0 Å². The maximum absolute atomic E-state index is 12.2. The highest BCUT2D eigenvalue weighted by Gasteiger charge is 2.22. The minimum atomic E-state index is -0.512. The monoisotopic (exact) mass is 322 g/mol. The van der Waals surface area contributed by atoms with Crippen LogP contribution in [-0.2, 0) is 4.79 Å². The molecule has 0 aliphatic heterocycles. The third-order valence-electron chi connectivity index (χ3n) is 3.24. The first-order valence-corrected chi connectivity index (χ1v) is 7.48. The van der Waals surface area contributed by atoms with Crippen molar-refractivity contribution >= 4 is 17.5 Å². The molecule has 0 spiro atoms. The Hall–Kier alpha value is -1.99. The van der Waals surface area contributed by atoms with Crippen LogP contribution in [0.4, 0.5) is 0 Å². The number of carbonyl (C=O) groups excluding carboxylic acids is 1. The second-order valence-electron chi connectivity index (χ2n) is 5.01. The van der Waals surface area contributed by atoms with Crippen molar-refractivity contribution in [2.75, 3.05) is 6.54 Å². The van der Waals surface area contributed by atoms with Crippen LogP contribution in [-0.4, -0.2) is 38.7 Å². The largest absolute Gasteiger partial charge is 0.350 e. The summed E-state index contributed by atoms with van der Waals surface area (Å²) in [5.41, 5.74) is 6.31. The van der Waals surface area contributed by atoms with Crippen LogP contribution in [0.2, 0.25) is 5.02 Å². The summed E-state index contributed by atoms with van der Waals surface area (Å²) in [6.07, 6.45) is 0.555. The molecule has 22 heavy (non-hydrogen) atoms. The van der Waals surface area contributed by atoms with E-state index < -0.39 is 6.04 Å². The van der Waals surface area contributed by atoms with Crippen LogP contribution >= 0.6 is 11.6 Å². The van der Waals surface area contributed by atoms with Crippen LogP contribution in [0.3, 0.4) is 0 Å². The maximum atomic E-state index is 12.2. The normalized spacial score (nSPS) is 13.6. The average molecular weight is 323 g/mol. The van der Waals surface area contributed by atoms with Crippen LogP contribution in [0, 0.1) is 0 Å². The molecular weight excluding hydrogens is 304 g/mol. The van der Waals surface area contributed by atoms with Gasteiger partial charge in [0, 0.05) is 23.2 Å². The third kappa shape index (κ3) is 3.80. The first-order chi connectivity index (χ1) is 10.5. The van der Waals surface area contributed by atoms with Gasteiger partial charge in [-0.25, -0.2) is 0 Å². The van der Waals surface area contributed by atoms with Gasteiger partial charge in [-0.3, -0.25) is 4.79 Å². The van der Waals surface area contributed by atoms with Crippen molar-refractivity contribution in [1.29, 1.82) is 0 Å². The summed E-state index contributed by atoms with van der Waals surface area (Å²) in [4.78, 5) is 13.6. The molecule has 0 saturated carbocycles. The van der Waals surface area contributed by atoms with Gasteiger partial charge in [-0.1, -0.05) is 18.5 Å². The van der Waals surface area contributed by atoms with Gasteiger partial charge in [0.05, 0.1) is 0 Å². The number of hydrogen-bond acceptors (Lipinski definition) is 5. The van der Waals surface area contributed by atoms with Gasteiger partial charge in [-0.2, -0.15) is 4.80 Å². The van der Waals surface area contributed by atoms with E-state index in [4.69, 9.17) is 17.3 Å². The minimum absolute atomic E-state index is 0.0965. The lowest BCUT2D eigenvalue weighted by Crippen LogP contribution is -2.42. The Balaban J connectivity index is 2.17. The second-order valence-corrected chi connectivity index (χ2v) is 5.45. The van der Waals surface area contributed by atoms with E-state index in [1.54, 1.807) is 24.3 Å². The van der Waals surface area contributed by atoms with E-state index in [-0.39, 0.29) is 11.9 Å². The Bertz CT molecular complexity index is 627. The number of nitrogens with zero attached hydrogens (tertiary/aromatic N) is 4. The quantitative estimate of drug-likeness (QED) is 0.837. The molecule has 1 aromatic heterocycles. The van der Waals surface area contributed by atoms with E-state index in [0.29, 0.717) is 23.8 Å². The van der Waals surface area contributed by atoms with E-state index >= 15 is 0 Å². The predicted molar refractivity (Wildman–Crippen MR) is 84.3 cm³/mol. The van der Waals surface area contributed by atoms with Crippen molar-refractivity contribution < 1.29 is 4.79 Å². The summed E-state index contributed by atoms with van der Waals surface area (Å²) in [5.74, 6) is 0.287. The molecule has 0 radical (unpaired) electrons. The number of amides is 1. The van der Waals surface area contributed by atoms with Gasteiger partial charge in [0.25, 0.3) is 0 Å². The highest BCUT2D eigenvalue weighted by Crippen LogP contribution is 2.18. The van der Waals surface area contributed by atoms with Gasteiger partial charge in [0.2, 0.25) is 11.7 Å². The molecular formula is C14H19ClN6O. The molecule has 0 fully saturated rings. The first kappa shape index (κ1) is 16.4. The fourth-order valence-electron chi connectivity index (χ4n) is 1.92. The molecule has 7 nitrogen and oxygen atoms in total. The maximum Gasteiger partial charge on any atom is 0.247 e. The molecule has 2 rings (SSSR count). The van der Waals surface area contributed by atoms with Crippen LogP contribution in [0.15, 0.2) is 24.3 Å². The summed E-state index contributed by atoms with van der Waals surface area (Å²) in [7, 11) is 0. The number of rotatable bonds is 6. The zero-order valence-electron chi connectivity index (χ0n) is 12.5. The molecule has 0 saturated heterocycles. The molecule has 1 aromatic carbocycles. The van der Waals surface area contributed by atoms with Gasteiger partial charge in [0.15, 0.2) is 6.04 Å². The number of carbonyl (C=O) groups is 1. The Morgan fingerprint density at radius 3 is 2.68 bits per heavy atom. The van der Waals surface area contributed by atoms with E-state index in [1.165, 1.54) is 4.80 Å². The molecule has 0 aliphatic rings. The van der Waals surface area contributed by atoms with Crippen molar-refractivity contribution in [2.24, 2.45) is 5.73 Å². The van der Waals surface area contributed by atoms with E-state index in [1.807, 2.05) is 13.8 Å². The van der Waals surface area contributed by atoms with Gasteiger partial charge in [-0.15, -0.1) is 10.2 Å². The lowest BCUT2D eigenvalue weighted by molar-refractivity contribution is -0.125. The summed E-state index contributed by atoms with van der Waals surface area (Å²) >= 11 is 5.86. The third-order valence-corrected chi connectivity index (χ3v) is 3.49. The smallest absolute Gasteiger partial charge is 0.247 e. The van der Waals surface area contributed by atoms with E-state index in [0.717, 1.165) is 5.56 Å². The van der Waals surface area contributed by atoms with Gasteiger partial charge >= 0.3 is 0 Å². The summed E-state index contributed by atoms with van der Waals surface area (Å²) in [6.45, 7) is 4.12. The van der Waals surface area contributed by atoms with Crippen molar-refractivity contribution in [2.45, 2.75) is 32.4 Å². The van der Waals surface area contributed by atoms with Gasteiger partial charge in [-0.05, 0) is 42.8 Å². The SMILES string of the molecule is CCC(C(=O)N[C@@H](C)CN)n1nnc(-c2ccc(Cl)cc2)n1. The predicted octanol–water partition coefficient (Wildman–Crippen LogP) is 1.41. The first-order valence-electron chi connectivity index (χ1n) is 7.11. The Labute approximate surface area is 133 Å². The number of halogens is 1. The van der Waals surface area contributed by atoms with Gasteiger partial charge < -0.3 is 11.1 Å². The van der Waals surface area contributed by atoms with Crippen molar-refractivity contribution in [3.63, 3.8) is 0 Å². The van der Waals surface area contributed by atoms with E-state index in [9.17, 15) is 4.79 Å². The summed E-state index contributed by atoms with van der Waals surface area (Å²) < 4.78 is 0. The number of aromatic nitrogens is 4. The molecule has 3 N–H and O–H groups in total.